The Kier molecular flexibility index (Phi) is 2.88. The topological polar surface area (TPSA) is 23.8 Å². The Morgan fingerprint density at radius 1 is 1.42 bits per heavy atom. The Morgan fingerprint density at radius 3 is 2.67 bits per heavy atom. The predicted octanol–water partition coefficient (Wildman–Crippen LogP) is 2.48. The fraction of sp³-hybridized carbons (Fsp3) is 0.364. The molecule has 1 heteroatoms. The molecule has 1 aromatic rings. The number of nitrogens with zero attached hydrogens (tertiary/aromatic N) is 1. The van der Waals surface area contributed by atoms with Crippen molar-refractivity contribution in [3.05, 3.63) is 34.9 Å². The summed E-state index contributed by atoms with van der Waals surface area (Å²) in [6.07, 6.45) is 1.81. The van der Waals surface area contributed by atoms with Gasteiger partial charge in [-0.25, -0.2) is 0 Å². The van der Waals surface area contributed by atoms with E-state index in [9.17, 15) is 0 Å². The lowest BCUT2D eigenvalue weighted by Gasteiger charge is -2.04. The first-order valence-corrected chi connectivity index (χ1v) is 4.26. The maximum Gasteiger partial charge on any atom is 0.0997 e. The van der Waals surface area contributed by atoms with E-state index in [1.807, 2.05) is 19.1 Å². The molecule has 12 heavy (non-hydrogen) atoms. The highest BCUT2D eigenvalue weighted by molar-refractivity contribution is 5.43. The molecule has 1 rings (SSSR count). The highest BCUT2D eigenvalue weighted by Crippen LogP contribution is 2.14. The molecule has 1 aromatic carbocycles. The van der Waals surface area contributed by atoms with E-state index in [0.717, 1.165) is 29.5 Å². The normalized spacial score (nSPS) is 9.42. The van der Waals surface area contributed by atoms with Gasteiger partial charge in [-0.2, -0.15) is 5.26 Å². The molecule has 0 heterocycles. The Hall–Kier alpha value is -1.29. The number of nitriles is 1. The number of hydrogen-bond donors (Lipinski definition) is 0. The Bertz CT molecular complexity index is 285. The van der Waals surface area contributed by atoms with Crippen molar-refractivity contribution in [2.75, 3.05) is 0 Å². The van der Waals surface area contributed by atoms with Gasteiger partial charge < -0.3 is 0 Å². The molecule has 0 amide bonds. The van der Waals surface area contributed by atoms with Crippen LogP contribution in [-0.2, 0) is 12.8 Å². The third-order valence-corrected chi connectivity index (χ3v) is 2.01. The summed E-state index contributed by atoms with van der Waals surface area (Å²) in [6.45, 7) is 4.11. The first-order valence-electron chi connectivity index (χ1n) is 4.26. The summed E-state index contributed by atoms with van der Waals surface area (Å²) in [4.78, 5) is 0. The average molecular weight is 158 g/mol. The number of benzene rings is 1. The molecule has 1 nitrogen and oxygen atoms in total. The minimum Gasteiger partial charge on any atom is -0.192 e. The molecule has 0 aliphatic carbocycles. The zero-order valence-electron chi connectivity index (χ0n) is 7.52. The molecular weight excluding hydrogens is 146 g/mol. The van der Waals surface area contributed by atoms with Crippen LogP contribution in [0.3, 0.4) is 0 Å². The van der Waals surface area contributed by atoms with Crippen molar-refractivity contribution in [3.8, 4) is 6.07 Å². The number of rotatable bonds is 2. The summed E-state index contributed by atoms with van der Waals surface area (Å²) in [7, 11) is 0. The molecule has 0 aliphatic rings. The first kappa shape index (κ1) is 8.80. The molecule has 0 unspecified atom stereocenters. The van der Waals surface area contributed by atoms with Gasteiger partial charge in [-0.3, -0.25) is 0 Å². The standard InChI is InChI=1S/C11H12N/c1-3-9-6-5-7-10(4-2)11(9)8-12/h5-6H,3-4H2,1-2H3. The van der Waals surface area contributed by atoms with E-state index < -0.39 is 0 Å². The van der Waals surface area contributed by atoms with Crippen molar-refractivity contribution < 1.29 is 0 Å². The Morgan fingerprint density at radius 2 is 2.17 bits per heavy atom. The Labute approximate surface area is 73.6 Å². The van der Waals surface area contributed by atoms with Gasteiger partial charge in [-0.1, -0.05) is 26.0 Å². The van der Waals surface area contributed by atoms with E-state index >= 15 is 0 Å². The molecule has 1 radical (unpaired) electrons. The van der Waals surface area contributed by atoms with Gasteiger partial charge >= 0.3 is 0 Å². The predicted molar refractivity (Wildman–Crippen MR) is 48.7 cm³/mol. The van der Waals surface area contributed by atoms with E-state index in [-0.39, 0.29) is 0 Å². The van der Waals surface area contributed by atoms with Crippen LogP contribution in [0, 0.1) is 17.4 Å². The summed E-state index contributed by atoms with van der Waals surface area (Å²) in [6, 6.07) is 9.20. The largest absolute Gasteiger partial charge is 0.192 e. The van der Waals surface area contributed by atoms with E-state index in [1.54, 1.807) is 0 Å². The van der Waals surface area contributed by atoms with Gasteiger partial charge in [-0.05, 0) is 30.0 Å². The van der Waals surface area contributed by atoms with Crippen molar-refractivity contribution >= 4 is 0 Å². The summed E-state index contributed by atoms with van der Waals surface area (Å²) in [5, 5.41) is 8.89. The Balaban J connectivity index is 3.25. The fourth-order valence-corrected chi connectivity index (χ4v) is 1.30. The lowest BCUT2D eigenvalue weighted by atomic mass is 9.99. The van der Waals surface area contributed by atoms with Crippen LogP contribution >= 0.6 is 0 Å². The molecular formula is C11H12N. The third-order valence-electron chi connectivity index (χ3n) is 2.01. The van der Waals surface area contributed by atoms with Gasteiger partial charge in [0.15, 0.2) is 0 Å². The molecule has 0 spiro atoms. The zero-order chi connectivity index (χ0) is 8.97. The highest BCUT2D eigenvalue weighted by atomic mass is 14.3. The van der Waals surface area contributed by atoms with Gasteiger partial charge in [0.1, 0.15) is 0 Å². The summed E-state index contributed by atoms with van der Waals surface area (Å²) in [5.74, 6) is 0. The van der Waals surface area contributed by atoms with Gasteiger partial charge in [0.25, 0.3) is 0 Å². The maximum atomic E-state index is 8.89. The third kappa shape index (κ3) is 1.48. The van der Waals surface area contributed by atoms with Crippen molar-refractivity contribution in [1.29, 1.82) is 5.26 Å². The quantitative estimate of drug-likeness (QED) is 0.648. The molecule has 0 aromatic heterocycles. The van der Waals surface area contributed by atoms with Crippen LogP contribution in [0.5, 0.6) is 0 Å². The lowest BCUT2D eigenvalue weighted by Crippen LogP contribution is -1.93. The van der Waals surface area contributed by atoms with Crippen molar-refractivity contribution in [2.45, 2.75) is 26.7 Å². The van der Waals surface area contributed by atoms with Gasteiger partial charge in [0, 0.05) is 0 Å². The van der Waals surface area contributed by atoms with Crippen LogP contribution in [0.15, 0.2) is 12.1 Å². The monoisotopic (exact) mass is 158 g/mol. The minimum absolute atomic E-state index is 0.822. The smallest absolute Gasteiger partial charge is 0.0997 e. The van der Waals surface area contributed by atoms with Gasteiger partial charge in [0.2, 0.25) is 0 Å². The summed E-state index contributed by atoms with van der Waals surface area (Å²) in [5.41, 5.74) is 2.99. The van der Waals surface area contributed by atoms with Crippen LogP contribution < -0.4 is 0 Å². The molecule has 0 saturated carbocycles. The maximum absolute atomic E-state index is 8.89. The summed E-state index contributed by atoms with van der Waals surface area (Å²) < 4.78 is 0. The molecule has 0 saturated heterocycles. The van der Waals surface area contributed by atoms with E-state index in [4.69, 9.17) is 5.26 Å². The lowest BCUT2D eigenvalue weighted by molar-refractivity contribution is 1.07. The van der Waals surface area contributed by atoms with Crippen LogP contribution in [0.25, 0.3) is 0 Å². The fourth-order valence-electron chi connectivity index (χ4n) is 1.30. The van der Waals surface area contributed by atoms with E-state index in [2.05, 4.69) is 19.1 Å². The molecule has 0 N–H and O–H groups in total. The van der Waals surface area contributed by atoms with E-state index in [0.29, 0.717) is 0 Å². The minimum atomic E-state index is 0.822. The highest BCUT2D eigenvalue weighted by Gasteiger charge is 2.03. The van der Waals surface area contributed by atoms with Gasteiger partial charge in [-0.15, -0.1) is 0 Å². The van der Waals surface area contributed by atoms with Gasteiger partial charge in [0.05, 0.1) is 11.6 Å². The molecule has 0 bridgehead atoms. The SMILES string of the molecule is CCc1[c]ccc(CC)c1C#N. The number of aryl methyl sites for hydroxylation is 2. The molecule has 0 fully saturated rings. The van der Waals surface area contributed by atoms with Crippen LogP contribution in [0.1, 0.15) is 30.5 Å². The van der Waals surface area contributed by atoms with Crippen LogP contribution in [-0.4, -0.2) is 0 Å². The van der Waals surface area contributed by atoms with Crippen molar-refractivity contribution in [2.24, 2.45) is 0 Å². The first-order chi connectivity index (χ1) is 5.83. The van der Waals surface area contributed by atoms with Crippen LogP contribution in [0.2, 0.25) is 0 Å². The van der Waals surface area contributed by atoms with E-state index in [1.165, 1.54) is 0 Å². The molecule has 0 aliphatic heterocycles. The van der Waals surface area contributed by atoms with Crippen molar-refractivity contribution in [3.63, 3.8) is 0 Å². The molecule has 0 atom stereocenters. The second-order valence-corrected chi connectivity index (χ2v) is 2.68. The second-order valence-electron chi connectivity index (χ2n) is 2.68. The average Bonchev–Trinajstić information content (AvgIpc) is 2.16. The summed E-state index contributed by atoms with van der Waals surface area (Å²) >= 11 is 0. The van der Waals surface area contributed by atoms with Crippen LogP contribution in [0.4, 0.5) is 0 Å². The molecule has 61 valence electrons. The zero-order valence-corrected chi connectivity index (χ0v) is 7.52. The van der Waals surface area contributed by atoms with Crippen molar-refractivity contribution in [1.82, 2.24) is 0 Å². The second kappa shape index (κ2) is 3.92. The number of hydrogen-bond acceptors (Lipinski definition) is 1.